The van der Waals surface area contributed by atoms with E-state index in [1.54, 1.807) is 12.1 Å². The van der Waals surface area contributed by atoms with Crippen molar-refractivity contribution in [3.05, 3.63) is 35.9 Å². The van der Waals surface area contributed by atoms with E-state index in [0.29, 0.717) is 31.4 Å². The topological polar surface area (TPSA) is 43.4 Å². The summed E-state index contributed by atoms with van der Waals surface area (Å²) >= 11 is 0. The van der Waals surface area contributed by atoms with Gasteiger partial charge in [0.1, 0.15) is 0 Å². The molecule has 0 amide bonds. The molecule has 0 atom stereocenters. The quantitative estimate of drug-likeness (QED) is 0.366. The molecule has 0 bridgehead atoms. The molecule has 0 spiro atoms. The Kier molecular flexibility index (Phi) is 8.36. The SMILES string of the molecule is CCCCCCOC(=O)CCCC(=O)c1ccccc1. The number of hydrogen-bond donors (Lipinski definition) is 0. The molecule has 0 heterocycles. The van der Waals surface area contributed by atoms with Gasteiger partial charge in [-0.2, -0.15) is 0 Å². The van der Waals surface area contributed by atoms with Crippen molar-refractivity contribution in [2.75, 3.05) is 6.61 Å². The minimum atomic E-state index is -0.192. The van der Waals surface area contributed by atoms with Crippen molar-refractivity contribution in [3.63, 3.8) is 0 Å². The third-order valence-electron chi connectivity index (χ3n) is 3.14. The van der Waals surface area contributed by atoms with Gasteiger partial charge in [0.05, 0.1) is 6.61 Å². The first-order valence-electron chi connectivity index (χ1n) is 7.48. The highest BCUT2D eigenvalue weighted by atomic mass is 16.5. The van der Waals surface area contributed by atoms with E-state index in [1.807, 2.05) is 18.2 Å². The Hall–Kier alpha value is -1.64. The number of ketones is 1. The number of Topliss-reactive ketones (excluding diaryl/α,β-unsaturated/α-hetero) is 1. The van der Waals surface area contributed by atoms with Gasteiger partial charge in [0, 0.05) is 18.4 Å². The number of ether oxygens (including phenoxy) is 1. The van der Waals surface area contributed by atoms with Crippen LogP contribution in [0.1, 0.15) is 62.2 Å². The maximum Gasteiger partial charge on any atom is 0.305 e. The molecule has 0 saturated heterocycles. The lowest BCUT2D eigenvalue weighted by Gasteiger charge is -2.04. The zero-order valence-corrected chi connectivity index (χ0v) is 12.3. The molecule has 0 aliphatic carbocycles. The average molecular weight is 276 g/mol. The highest BCUT2D eigenvalue weighted by molar-refractivity contribution is 5.96. The summed E-state index contributed by atoms with van der Waals surface area (Å²) < 4.78 is 5.13. The first kappa shape index (κ1) is 16.4. The largest absolute Gasteiger partial charge is 0.466 e. The normalized spacial score (nSPS) is 10.2. The number of benzene rings is 1. The highest BCUT2D eigenvalue weighted by Crippen LogP contribution is 2.07. The Labute approximate surface area is 121 Å². The van der Waals surface area contributed by atoms with Gasteiger partial charge in [-0.15, -0.1) is 0 Å². The van der Waals surface area contributed by atoms with E-state index >= 15 is 0 Å². The standard InChI is InChI=1S/C17H24O3/c1-2-3-4-8-14-20-17(19)13-9-12-16(18)15-10-6-5-7-11-15/h5-7,10-11H,2-4,8-9,12-14H2,1H3. The highest BCUT2D eigenvalue weighted by Gasteiger charge is 2.07. The molecule has 0 unspecified atom stereocenters. The van der Waals surface area contributed by atoms with Gasteiger partial charge >= 0.3 is 5.97 Å². The van der Waals surface area contributed by atoms with Crippen LogP contribution in [0.2, 0.25) is 0 Å². The van der Waals surface area contributed by atoms with E-state index in [1.165, 1.54) is 12.8 Å². The van der Waals surface area contributed by atoms with Crippen LogP contribution in [-0.4, -0.2) is 18.4 Å². The van der Waals surface area contributed by atoms with Gasteiger partial charge in [-0.05, 0) is 12.8 Å². The molecule has 1 aromatic carbocycles. The summed E-state index contributed by atoms with van der Waals surface area (Å²) in [5.74, 6) is -0.108. The molecule has 110 valence electrons. The number of unbranched alkanes of at least 4 members (excludes halogenated alkanes) is 3. The molecule has 3 heteroatoms. The van der Waals surface area contributed by atoms with Crippen molar-refractivity contribution in [2.45, 2.75) is 51.9 Å². The van der Waals surface area contributed by atoms with Crippen LogP contribution in [0.3, 0.4) is 0 Å². The Balaban J connectivity index is 2.08. The maximum atomic E-state index is 11.8. The monoisotopic (exact) mass is 276 g/mol. The van der Waals surface area contributed by atoms with Crippen molar-refractivity contribution in [2.24, 2.45) is 0 Å². The van der Waals surface area contributed by atoms with E-state index in [-0.39, 0.29) is 11.8 Å². The number of hydrogen-bond acceptors (Lipinski definition) is 3. The van der Waals surface area contributed by atoms with Crippen LogP contribution < -0.4 is 0 Å². The lowest BCUT2D eigenvalue weighted by atomic mass is 10.1. The molecule has 1 rings (SSSR count). The molecule has 0 saturated carbocycles. The zero-order valence-electron chi connectivity index (χ0n) is 12.3. The molecular weight excluding hydrogens is 252 g/mol. The fourth-order valence-electron chi connectivity index (χ4n) is 1.95. The van der Waals surface area contributed by atoms with Crippen LogP contribution in [-0.2, 0) is 9.53 Å². The van der Waals surface area contributed by atoms with Crippen molar-refractivity contribution in [1.29, 1.82) is 0 Å². The third kappa shape index (κ3) is 7.07. The van der Waals surface area contributed by atoms with E-state index in [0.717, 1.165) is 12.8 Å². The van der Waals surface area contributed by atoms with Gasteiger partial charge in [-0.25, -0.2) is 0 Å². The second-order valence-corrected chi connectivity index (χ2v) is 4.92. The lowest BCUT2D eigenvalue weighted by molar-refractivity contribution is -0.143. The van der Waals surface area contributed by atoms with Crippen LogP contribution in [0.25, 0.3) is 0 Å². The maximum absolute atomic E-state index is 11.8. The number of esters is 1. The van der Waals surface area contributed by atoms with Crippen LogP contribution in [0, 0.1) is 0 Å². The van der Waals surface area contributed by atoms with Crippen LogP contribution in [0.5, 0.6) is 0 Å². The molecule has 0 aliphatic heterocycles. The minimum Gasteiger partial charge on any atom is -0.466 e. The Morgan fingerprint density at radius 2 is 1.70 bits per heavy atom. The molecule has 0 aromatic heterocycles. The predicted molar refractivity (Wildman–Crippen MR) is 79.7 cm³/mol. The number of carbonyl (C=O) groups is 2. The second kappa shape index (κ2) is 10.2. The number of rotatable bonds is 10. The second-order valence-electron chi connectivity index (χ2n) is 4.92. The lowest BCUT2D eigenvalue weighted by Crippen LogP contribution is -2.07. The van der Waals surface area contributed by atoms with E-state index < -0.39 is 0 Å². The summed E-state index contributed by atoms with van der Waals surface area (Å²) in [6.45, 7) is 2.65. The van der Waals surface area contributed by atoms with Crippen molar-refractivity contribution in [1.82, 2.24) is 0 Å². The summed E-state index contributed by atoms with van der Waals surface area (Å²) in [4.78, 5) is 23.3. The minimum absolute atomic E-state index is 0.0846. The fraction of sp³-hybridized carbons (Fsp3) is 0.529. The summed E-state index contributed by atoms with van der Waals surface area (Å²) in [5, 5.41) is 0. The summed E-state index contributed by atoms with van der Waals surface area (Å²) in [7, 11) is 0. The van der Waals surface area contributed by atoms with Gasteiger partial charge in [0.2, 0.25) is 0 Å². The van der Waals surface area contributed by atoms with Crippen molar-refractivity contribution >= 4 is 11.8 Å². The van der Waals surface area contributed by atoms with E-state index in [4.69, 9.17) is 4.74 Å². The molecule has 20 heavy (non-hydrogen) atoms. The molecule has 3 nitrogen and oxygen atoms in total. The van der Waals surface area contributed by atoms with Crippen molar-refractivity contribution < 1.29 is 14.3 Å². The summed E-state index contributed by atoms with van der Waals surface area (Å²) in [5.41, 5.74) is 0.709. The Morgan fingerprint density at radius 3 is 2.40 bits per heavy atom. The Bertz CT molecular complexity index is 398. The predicted octanol–water partition coefficient (Wildman–Crippen LogP) is 4.16. The van der Waals surface area contributed by atoms with Gasteiger partial charge in [-0.1, -0.05) is 56.5 Å². The molecule has 1 aromatic rings. The van der Waals surface area contributed by atoms with E-state index in [2.05, 4.69) is 6.92 Å². The molecule has 0 fully saturated rings. The smallest absolute Gasteiger partial charge is 0.305 e. The molecule has 0 N–H and O–H groups in total. The third-order valence-corrected chi connectivity index (χ3v) is 3.14. The van der Waals surface area contributed by atoms with Crippen LogP contribution in [0.15, 0.2) is 30.3 Å². The first-order chi connectivity index (χ1) is 9.74. The van der Waals surface area contributed by atoms with Crippen LogP contribution in [0.4, 0.5) is 0 Å². The van der Waals surface area contributed by atoms with Crippen molar-refractivity contribution in [3.8, 4) is 0 Å². The van der Waals surface area contributed by atoms with Gasteiger partial charge in [-0.3, -0.25) is 9.59 Å². The fourth-order valence-corrected chi connectivity index (χ4v) is 1.95. The average Bonchev–Trinajstić information content (AvgIpc) is 2.48. The number of carbonyl (C=O) groups excluding carboxylic acids is 2. The molecule has 0 aliphatic rings. The Morgan fingerprint density at radius 1 is 0.950 bits per heavy atom. The summed E-state index contributed by atoms with van der Waals surface area (Å²) in [6.07, 6.45) is 5.68. The zero-order chi connectivity index (χ0) is 14.6. The van der Waals surface area contributed by atoms with Gasteiger partial charge < -0.3 is 4.74 Å². The van der Waals surface area contributed by atoms with Crippen LogP contribution >= 0.6 is 0 Å². The van der Waals surface area contributed by atoms with E-state index in [9.17, 15) is 9.59 Å². The van der Waals surface area contributed by atoms with Gasteiger partial charge in [0.15, 0.2) is 5.78 Å². The summed E-state index contributed by atoms with van der Waals surface area (Å²) in [6, 6.07) is 9.17. The van der Waals surface area contributed by atoms with Gasteiger partial charge in [0.25, 0.3) is 0 Å². The molecule has 0 radical (unpaired) electrons. The first-order valence-corrected chi connectivity index (χ1v) is 7.48. The molecular formula is C17H24O3.